The van der Waals surface area contributed by atoms with Gasteiger partial charge in [0, 0.05) is 24.8 Å². The van der Waals surface area contributed by atoms with Crippen LogP contribution >= 0.6 is 0 Å². The van der Waals surface area contributed by atoms with Crippen molar-refractivity contribution in [2.24, 2.45) is 5.73 Å². The predicted molar refractivity (Wildman–Crippen MR) is 52.1 cm³/mol. The summed E-state index contributed by atoms with van der Waals surface area (Å²) in [6.45, 7) is 0. The summed E-state index contributed by atoms with van der Waals surface area (Å²) < 4.78 is 0. The Morgan fingerprint density at radius 3 is 2.57 bits per heavy atom. The van der Waals surface area contributed by atoms with Crippen LogP contribution in [0.1, 0.15) is 5.82 Å². The number of nitrogens with one attached hydrogen (secondary N) is 3. The molecule has 0 bridgehead atoms. The van der Waals surface area contributed by atoms with Crippen LogP contribution in [0.5, 0.6) is 0 Å². The number of imidazole rings is 1. The van der Waals surface area contributed by atoms with E-state index < -0.39 is 0 Å². The highest BCUT2D eigenvalue weighted by Gasteiger charge is 2.34. The fourth-order valence-electron chi connectivity index (χ4n) is 1.55. The minimum Gasteiger partial charge on any atom is -0.397 e. The van der Waals surface area contributed by atoms with Crippen LogP contribution < -0.4 is 16.4 Å². The van der Waals surface area contributed by atoms with Gasteiger partial charge in [0.2, 0.25) is 0 Å². The van der Waals surface area contributed by atoms with Crippen molar-refractivity contribution in [1.29, 1.82) is 0 Å². The summed E-state index contributed by atoms with van der Waals surface area (Å²) in [7, 11) is 0. The zero-order valence-corrected chi connectivity index (χ0v) is 7.33. The van der Waals surface area contributed by atoms with Gasteiger partial charge in [0.05, 0.1) is 16.8 Å². The van der Waals surface area contributed by atoms with Gasteiger partial charge >= 0.3 is 0 Å². The molecule has 70 valence electrons. The molecule has 1 aromatic heterocycles. The van der Waals surface area contributed by atoms with Gasteiger partial charge in [-0.15, -0.1) is 0 Å². The number of aromatic amines is 1. The molecule has 0 unspecified atom stereocenters. The second-order valence-corrected chi connectivity index (χ2v) is 3.10. The molecule has 2 aliphatic rings. The largest absolute Gasteiger partial charge is 0.397 e. The molecular weight excluding hydrogens is 178 g/mol. The molecule has 0 fully saturated rings. The molecule has 5 nitrogen and oxygen atoms in total. The molecule has 0 amide bonds. The summed E-state index contributed by atoms with van der Waals surface area (Å²) >= 11 is 0. The quantitative estimate of drug-likeness (QED) is 0.498. The van der Waals surface area contributed by atoms with Crippen molar-refractivity contribution in [2.45, 2.75) is 0 Å². The first-order valence-electron chi connectivity index (χ1n) is 4.30. The summed E-state index contributed by atoms with van der Waals surface area (Å²) in [6.07, 6.45) is 7.15. The SMILES string of the molecule is NC1=C(c2ncc[nH]2)C1=C1NC=CN1. The summed E-state index contributed by atoms with van der Waals surface area (Å²) in [5.74, 6) is 1.74. The maximum Gasteiger partial charge on any atom is 0.140 e. The van der Waals surface area contributed by atoms with Gasteiger partial charge in [-0.3, -0.25) is 0 Å². The van der Waals surface area contributed by atoms with Gasteiger partial charge in [0.1, 0.15) is 11.6 Å². The molecule has 3 rings (SSSR count). The van der Waals surface area contributed by atoms with Crippen molar-refractivity contribution in [3.63, 3.8) is 0 Å². The monoisotopic (exact) mass is 187 g/mol. The molecule has 5 N–H and O–H groups in total. The average Bonchev–Trinajstić information content (AvgIpc) is 2.76. The van der Waals surface area contributed by atoms with Crippen LogP contribution in [0.3, 0.4) is 0 Å². The zero-order chi connectivity index (χ0) is 9.54. The van der Waals surface area contributed by atoms with Gasteiger partial charge in [0.15, 0.2) is 0 Å². The molecule has 0 atom stereocenters. The van der Waals surface area contributed by atoms with Crippen molar-refractivity contribution < 1.29 is 0 Å². The summed E-state index contributed by atoms with van der Waals surface area (Å²) in [6, 6.07) is 0. The Balaban J connectivity index is 1.95. The summed E-state index contributed by atoms with van der Waals surface area (Å²) in [5, 5.41) is 6.13. The highest BCUT2D eigenvalue weighted by atomic mass is 15.1. The molecule has 2 heterocycles. The van der Waals surface area contributed by atoms with Crippen molar-refractivity contribution in [2.75, 3.05) is 0 Å². The molecule has 0 saturated heterocycles. The smallest absolute Gasteiger partial charge is 0.140 e. The van der Waals surface area contributed by atoms with Gasteiger partial charge < -0.3 is 21.4 Å². The zero-order valence-electron chi connectivity index (χ0n) is 7.33. The summed E-state index contributed by atoms with van der Waals surface area (Å²) in [4.78, 5) is 7.17. The summed E-state index contributed by atoms with van der Waals surface area (Å²) in [5.41, 5.74) is 8.64. The fraction of sp³-hybridized carbons (Fsp3) is 0. The van der Waals surface area contributed by atoms with E-state index in [1.807, 2.05) is 12.4 Å². The van der Waals surface area contributed by atoms with Crippen LogP contribution in [-0.2, 0) is 0 Å². The molecule has 0 spiro atoms. The third-order valence-electron chi connectivity index (χ3n) is 2.25. The molecule has 0 aromatic carbocycles. The number of allylic oxidation sites excluding steroid dienone is 2. The number of hydrogen-bond acceptors (Lipinski definition) is 4. The first-order chi connectivity index (χ1) is 6.88. The first kappa shape index (κ1) is 7.25. The first-order valence-corrected chi connectivity index (χ1v) is 4.30. The van der Waals surface area contributed by atoms with E-state index in [0.717, 1.165) is 28.5 Å². The highest BCUT2D eigenvalue weighted by Crippen LogP contribution is 2.42. The maximum absolute atomic E-state index is 5.84. The second-order valence-electron chi connectivity index (χ2n) is 3.10. The van der Waals surface area contributed by atoms with Crippen molar-refractivity contribution in [3.8, 4) is 0 Å². The van der Waals surface area contributed by atoms with E-state index in [9.17, 15) is 0 Å². The Kier molecular flexibility index (Phi) is 1.25. The lowest BCUT2D eigenvalue weighted by atomic mass is 10.3. The Bertz CT molecular complexity index is 453. The molecule has 1 aliphatic carbocycles. The fourth-order valence-corrected chi connectivity index (χ4v) is 1.55. The van der Waals surface area contributed by atoms with E-state index >= 15 is 0 Å². The van der Waals surface area contributed by atoms with Crippen molar-refractivity contribution >= 4 is 5.57 Å². The topological polar surface area (TPSA) is 78.8 Å². The maximum atomic E-state index is 5.84. The molecule has 5 heteroatoms. The molecular formula is C9H9N5. The number of nitrogens with two attached hydrogens (primary N) is 1. The predicted octanol–water partition coefficient (Wildman–Crippen LogP) is -0.0313. The van der Waals surface area contributed by atoms with Gasteiger partial charge in [-0.2, -0.15) is 0 Å². The Labute approximate surface area is 80.4 Å². The van der Waals surface area contributed by atoms with Crippen LogP contribution in [0, 0.1) is 0 Å². The van der Waals surface area contributed by atoms with Crippen LogP contribution in [0.25, 0.3) is 5.57 Å². The number of nitrogens with zero attached hydrogens (tertiary/aromatic N) is 1. The standard InChI is InChI=1S/C9H9N5/c10-7-5(8-11-1-2-12-8)6(7)9-13-3-4-14-9/h1-4,11-12H,10H2,(H,13,14). The van der Waals surface area contributed by atoms with E-state index in [-0.39, 0.29) is 0 Å². The van der Waals surface area contributed by atoms with Crippen LogP contribution in [-0.4, -0.2) is 9.97 Å². The molecule has 0 saturated carbocycles. The highest BCUT2D eigenvalue weighted by molar-refractivity contribution is 6.00. The number of H-pyrrole nitrogens is 1. The average molecular weight is 187 g/mol. The van der Waals surface area contributed by atoms with E-state index in [4.69, 9.17) is 5.73 Å². The van der Waals surface area contributed by atoms with E-state index in [1.54, 1.807) is 12.4 Å². The van der Waals surface area contributed by atoms with Crippen LogP contribution in [0.4, 0.5) is 0 Å². The van der Waals surface area contributed by atoms with Crippen molar-refractivity contribution in [3.05, 3.63) is 47.7 Å². The third kappa shape index (κ3) is 0.861. The van der Waals surface area contributed by atoms with Gasteiger partial charge in [0.25, 0.3) is 0 Å². The lowest BCUT2D eigenvalue weighted by Gasteiger charge is -1.97. The van der Waals surface area contributed by atoms with Gasteiger partial charge in [-0.1, -0.05) is 0 Å². The minimum atomic E-state index is 0.790. The van der Waals surface area contributed by atoms with Crippen LogP contribution in [0.2, 0.25) is 0 Å². The third-order valence-corrected chi connectivity index (χ3v) is 2.25. The van der Waals surface area contributed by atoms with E-state index in [2.05, 4.69) is 20.6 Å². The number of aromatic nitrogens is 2. The minimum absolute atomic E-state index is 0.790. The second kappa shape index (κ2) is 2.41. The Morgan fingerprint density at radius 1 is 1.14 bits per heavy atom. The molecule has 14 heavy (non-hydrogen) atoms. The molecule has 1 aliphatic heterocycles. The van der Waals surface area contributed by atoms with Gasteiger partial charge in [-0.05, 0) is 0 Å². The van der Waals surface area contributed by atoms with Crippen molar-refractivity contribution in [1.82, 2.24) is 20.6 Å². The number of hydrogen-bond donors (Lipinski definition) is 4. The van der Waals surface area contributed by atoms with Gasteiger partial charge in [-0.25, -0.2) is 4.98 Å². The molecule has 1 aromatic rings. The van der Waals surface area contributed by atoms with Crippen LogP contribution in [0.15, 0.2) is 41.9 Å². The Morgan fingerprint density at radius 2 is 1.93 bits per heavy atom. The normalized spacial score (nSPS) is 18.6. The lowest BCUT2D eigenvalue weighted by Crippen LogP contribution is -2.10. The Hall–Kier alpha value is -2.17. The lowest BCUT2D eigenvalue weighted by molar-refractivity contribution is 0.979. The number of rotatable bonds is 1. The molecule has 0 radical (unpaired) electrons. The van der Waals surface area contributed by atoms with E-state index in [0.29, 0.717) is 0 Å². The van der Waals surface area contributed by atoms with E-state index in [1.165, 1.54) is 0 Å².